The van der Waals surface area contributed by atoms with Crippen LogP contribution in [0.1, 0.15) is 64.1 Å². The predicted molar refractivity (Wildman–Crippen MR) is 158 cm³/mol. The van der Waals surface area contributed by atoms with Crippen molar-refractivity contribution < 1.29 is 23.5 Å². The summed E-state index contributed by atoms with van der Waals surface area (Å²) in [5.74, 6) is 0.226. The van der Waals surface area contributed by atoms with E-state index in [1.807, 2.05) is 13.0 Å². The monoisotopic (exact) mass is 575 g/mol. The van der Waals surface area contributed by atoms with Crippen molar-refractivity contribution in [3.05, 3.63) is 70.1 Å². The Kier molecular flexibility index (Phi) is 8.72. The summed E-state index contributed by atoms with van der Waals surface area (Å²) in [7, 11) is 1.69. The largest absolute Gasteiger partial charge is 0.499 e. The minimum absolute atomic E-state index is 0.0919. The molecule has 2 N–H and O–H groups in total. The van der Waals surface area contributed by atoms with E-state index in [0.29, 0.717) is 43.7 Å². The van der Waals surface area contributed by atoms with Gasteiger partial charge in [-0.15, -0.1) is 0 Å². The Labute approximate surface area is 245 Å². The van der Waals surface area contributed by atoms with Gasteiger partial charge in [-0.3, -0.25) is 14.6 Å². The van der Waals surface area contributed by atoms with Crippen molar-refractivity contribution in [2.45, 2.75) is 64.8 Å². The molecule has 0 bridgehead atoms. The number of nitrogens with zero attached hydrogens (tertiary/aromatic N) is 3. The molecule has 2 amide bonds. The maximum atomic E-state index is 14.8. The molecular weight excluding hydrogens is 537 g/mol. The van der Waals surface area contributed by atoms with Crippen LogP contribution in [0.3, 0.4) is 0 Å². The molecule has 0 radical (unpaired) electrons. The fourth-order valence-corrected chi connectivity index (χ4v) is 5.75. The molecule has 10 heteroatoms. The lowest BCUT2D eigenvalue weighted by molar-refractivity contribution is -0.131. The molecule has 0 spiro atoms. The third kappa shape index (κ3) is 6.09. The van der Waals surface area contributed by atoms with E-state index >= 15 is 0 Å². The lowest BCUT2D eigenvalue weighted by Gasteiger charge is -2.40. The Bertz CT molecular complexity index is 1570. The molecule has 1 aliphatic carbocycles. The molecule has 1 aromatic heterocycles. The Hall–Kier alpha value is -4.05. The number of benzene rings is 1. The molecular formula is C32H38FN5O4. The highest BCUT2D eigenvalue weighted by atomic mass is 19.1. The van der Waals surface area contributed by atoms with E-state index in [-0.39, 0.29) is 23.5 Å². The van der Waals surface area contributed by atoms with Crippen molar-refractivity contribution in [2.24, 2.45) is 11.0 Å². The van der Waals surface area contributed by atoms with E-state index in [0.717, 1.165) is 41.3 Å². The summed E-state index contributed by atoms with van der Waals surface area (Å²) in [6, 6.07) is 8.89. The van der Waals surface area contributed by atoms with Gasteiger partial charge in [-0.2, -0.15) is 5.10 Å². The number of aromatic nitrogens is 1. The topological polar surface area (TPSA) is 105 Å². The molecule has 3 heterocycles. The molecule has 222 valence electrons. The molecule has 2 aliphatic heterocycles. The minimum Gasteiger partial charge on any atom is -0.499 e. The summed E-state index contributed by atoms with van der Waals surface area (Å²) in [5, 5.41) is 7.66. The Morgan fingerprint density at radius 3 is 2.74 bits per heavy atom. The van der Waals surface area contributed by atoms with E-state index in [4.69, 9.17) is 14.5 Å². The number of carbonyl (C=O) groups is 2. The molecule has 1 aromatic carbocycles. The van der Waals surface area contributed by atoms with E-state index in [1.54, 1.807) is 30.3 Å². The van der Waals surface area contributed by atoms with Crippen LogP contribution < -0.4 is 26.2 Å². The molecule has 0 saturated carbocycles. The molecule has 0 saturated heterocycles. The first-order valence-corrected chi connectivity index (χ1v) is 14.6. The second-order valence-corrected chi connectivity index (χ2v) is 11.1. The highest BCUT2D eigenvalue weighted by Gasteiger charge is 2.35. The zero-order valence-electron chi connectivity index (χ0n) is 24.6. The van der Waals surface area contributed by atoms with Gasteiger partial charge in [-0.25, -0.2) is 20.2 Å². The van der Waals surface area contributed by atoms with Crippen LogP contribution in [0.15, 0.2) is 47.6 Å². The van der Waals surface area contributed by atoms with E-state index < -0.39 is 11.4 Å². The first kappa shape index (κ1) is 29.4. The number of hydrazone groups is 1. The SMILES string of the molecule is CCc1ccc2c(n1)=C(OC)CCC=2C1(C)C=CC(=O)N(CCCCOc2ccc(C3=NNC(=O)CC3C)cc2F)N1. The Morgan fingerprint density at radius 2 is 2.00 bits per heavy atom. The lowest BCUT2D eigenvalue weighted by atomic mass is 9.83. The van der Waals surface area contributed by atoms with Gasteiger partial charge in [-0.1, -0.05) is 26.0 Å². The molecule has 2 aromatic rings. The fourth-order valence-electron chi connectivity index (χ4n) is 5.75. The van der Waals surface area contributed by atoms with E-state index in [9.17, 15) is 14.0 Å². The molecule has 2 unspecified atom stereocenters. The van der Waals surface area contributed by atoms with Gasteiger partial charge >= 0.3 is 0 Å². The Balaban J connectivity index is 1.20. The Morgan fingerprint density at radius 1 is 1.17 bits per heavy atom. The predicted octanol–water partition coefficient (Wildman–Crippen LogP) is 2.86. The van der Waals surface area contributed by atoms with Crippen molar-refractivity contribution in [1.29, 1.82) is 0 Å². The first-order valence-electron chi connectivity index (χ1n) is 14.6. The van der Waals surface area contributed by atoms with Crippen LogP contribution in [0, 0.1) is 11.7 Å². The van der Waals surface area contributed by atoms with Crippen molar-refractivity contribution in [3.63, 3.8) is 0 Å². The number of aryl methyl sites for hydroxylation is 1. The summed E-state index contributed by atoms with van der Waals surface area (Å²) in [6.07, 6.45) is 7.56. The minimum atomic E-state index is -0.554. The van der Waals surface area contributed by atoms with Gasteiger partial charge in [-0.05, 0) is 62.4 Å². The number of unbranched alkanes of at least 4 members (excludes halogenated alkanes) is 1. The number of amides is 2. The van der Waals surface area contributed by atoms with Gasteiger partial charge in [0.15, 0.2) is 11.6 Å². The number of methoxy groups -OCH3 is 1. The maximum absolute atomic E-state index is 14.8. The number of nitrogens with one attached hydrogen (secondary N) is 2. The maximum Gasteiger partial charge on any atom is 0.260 e. The molecule has 3 aliphatic rings. The van der Waals surface area contributed by atoms with Crippen LogP contribution in [0.2, 0.25) is 0 Å². The average Bonchev–Trinajstić information content (AvgIpc) is 2.98. The van der Waals surface area contributed by atoms with E-state index in [1.165, 1.54) is 11.6 Å². The van der Waals surface area contributed by atoms with Crippen LogP contribution in [0.4, 0.5) is 4.39 Å². The fraction of sp³-hybridized carbons (Fsp3) is 0.438. The van der Waals surface area contributed by atoms with Crippen LogP contribution in [-0.4, -0.2) is 53.3 Å². The second kappa shape index (κ2) is 12.4. The summed E-state index contributed by atoms with van der Waals surface area (Å²) in [6.45, 7) is 6.85. The van der Waals surface area contributed by atoms with E-state index in [2.05, 4.69) is 41.9 Å². The van der Waals surface area contributed by atoms with Crippen molar-refractivity contribution in [2.75, 3.05) is 20.3 Å². The number of ether oxygens (including phenoxy) is 2. The summed E-state index contributed by atoms with van der Waals surface area (Å²) >= 11 is 0. The zero-order chi connectivity index (χ0) is 29.9. The number of fused-ring (bicyclic) bond motifs is 1. The highest BCUT2D eigenvalue weighted by molar-refractivity contribution is 6.05. The van der Waals surface area contributed by atoms with Crippen molar-refractivity contribution >= 4 is 28.9 Å². The van der Waals surface area contributed by atoms with Gasteiger partial charge in [0.05, 0.1) is 25.0 Å². The third-order valence-corrected chi connectivity index (χ3v) is 8.09. The lowest BCUT2D eigenvalue weighted by Crippen LogP contribution is -2.59. The van der Waals surface area contributed by atoms with Gasteiger partial charge in [0.25, 0.3) is 5.91 Å². The number of carbonyl (C=O) groups excluding carboxylic acids is 2. The summed E-state index contributed by atoms with van der Waals surface area (Å²) in [4.78, 5) is 29.1. The number of hydrazine groups is 1. The van der Waals surface area contributed by atoms with Crippen molar-refractivity contribution in [1.82, 2.24) is 20.8 Å². The van der Waals surface area contributed by atoms with Crippen LogP contribution in [0.25, 0.3) is 11.3 Å². The molecule has 0 fully saturated rings. The smallest absolute Gasteiger partial charge is 0.260 e. The van der Waals surface area contributed by atoms with Gasteiger partial charge in [0.1, 0.15) is 11.1 Å². The number of hydrogen-bond donors (Lipinski definition) is 2. The van der Waals surface area contributed by atoms with Crippen LogP contribution in [0.5, 0.6) is 5.75 Å². The van der Waals surface area contributed by atoms with Gasteiger partial charge in [0, 0.05) is 47.9 Å². The first-order chi connectivity index (χ1) is 20.2. The highest BCUT2D eigenvalue weighted by Crippen LogP contribution is 2.29. The van der Waals surface area contributed by atoms with Crippen molar-refractivity contribution in [3.8, 4) is 5.75 Å². The average molecular weight is 576 g/mol. The summed E-state index contributed by atoms with van der Waals surface area (Å²) in [5.41, 5.74) is 8.81. The number of rotatable bonds is 10. The normalized spacial score (nSPS) is 22.1. The summed E-state index contributed by atoms with van der Waals surface area (Å²) < 4.78 is 26.1. The van der Waals surface area contributed by atoms with Gasteiger partial charge < -0.3 is 9.47 Å². The molecule has 5 rings (SSSR count). The van der Waals surface area contributed by atoms with Gasteiger partial charge in [0.2, 0.25) is 5.91 Å². The number of pyridine rings is 1. The van der Waals surface area contributed by atoms with Crippen LogP contribution in [-0.2, 0) is 20.7 Å². The molecule has 9 nitrogen and oxygen atoms in total. The zero-order valence-corrected chi connectivity index (χ0v) is 24.6. The van der Waals surface area contributed by atoms with Crippen LogP contribution >= 0.6 is 0 Å². The molecule has 42 heavy (non-hydrogen) atoms. The standard InChI is InChI=1S/C32H38FN5O4/c1-5-22-9-10-23-24(11-13-27(41-4)31(23)34-22)32(3)15-14-29(40)38(37-32)16-6-7-17-42-26-12-8-21(19-25(26)33)30-20(2)18-28(39)35-36-30/h8-10,12,14-15,19-20,37H,5-7,11,13,16-18H2,1-4H3,(H,35,39). The number of halogens is 1. The number of hydrogen-bond acceptors (Lipinski definition) is 7. The third-order valence-electron chi connectivity index (χ3n) is 8.09. The molecule has 2 atom stereocenters. The second-order valence-electron chi connectivity index (χ2n) is 11.1. The quantitative estimate of drug-likeness (QED) is 0.423.